The smallest absolute Gasteiger partial charge is 0.422 e. The number of hydrogen-bond donors (Lipinski definition) is 1. The molecule has 2 aromatic heterocycles. The molecule has 1 aliphatic heterocycles. The summed E-state index contributed by atoms with van der Waals surface area (Å²) in [6.07, 6.45) is 0.866. The molecule has 2 amide bonds. The van der Waals surface area contributed by atoms with Crippen LogP contribution in [0.2, 0.25) is 0 Å². The number of carbonyl (C=O) groups is 2. The highest BCUT2D eigenvalue weighted by atomic mass is 19.4. The molecule has 1 saturated carbocycles. The molecule has 0 radical (unpaired) electrons. The second-order valence-electron chi connectivity index (χ2n) is 8.17. The van der Waals surface area contributed by atoms with Crippen molar-refractivity contribution in [2.24, 2.45) is 5.92 Å². The van der Waals surface area contributed by atoms with Gasteiger partial charge in [0.25, 0.3) is 11.8 Å². The van der Waals surface area contributed by atoms with E-state index in [-0.39, 0.29) is 30.0 Å². The molecule has 1 unspecified atom stereocenters. The lowest BCUT2D eigenvalue weighted by molar-refractivity contribution is -0.154. The van der Waals surface area contributed by atoms with Gasteiger partial charge in [0.05, 0.1) is 19.7 Å². The van der Waals surface area contributed by atoms with Crippen molar-refractivity contribution in [1.82, 2.24) is 14.9 Å². The Morgan fingerprint density at radius 1 is 1.33 bits per heavy atom. The number of hydrogen-bond acceptors (Lipinski definition) is 6. The van der Waals surface area contributed by atoms with Crippen LogP contribution in [-0.4, -0.2) is 46.6 Å². The van der Waals surface area contributed by atoms with Crippen LogP contribution in [0.3, 0.4) is 0 Å². The zero-order chi connectivity index (χ0) is 23.8. The lowest BCUT2D eigenvalue weighted by Crippen LogP contribution is -2.27. The number of methoxy groups -OCH3 is 1. The van der Waals surface area contributed by atoms with Crippen molar-refractivity contribution in [2.75, 3.05) is 19.0 Å². The van der Waals surface area contributed by atoms with Crippen molar-refractivity contribution >= 4 is 17.6 Å². The summed E-state index contributed by atoms with van der Waals surface area (Å²) in [5.41, 5.74) is 1.63. The first-order valence-corrected chi connectivity index (χ1v) is 10.5. The van der Waals surface area contributed by atoms with Crippen molar-refractivity contribution in [3.63, 3.8) is 0 Å². The molecule has 0 aromatic carbocycles. The van der Waals surface area contributed by atoms with E-state index in [0.29, 0.717) is 34.8 Å². The predicted molar refractivity (Wildman–Crippen MR) is 111 cm³/mol. The summed E-state index contributed by atoms with van der Waals surface area (Å²) in [4.78, 5) is 35.1. The molecule has 176 valence electrons. The van der Waals surface area contributed by atoms with Crippen LogP contribution in [-0.2, 0) is 11.3 Å². The number of rotatable bonds is 8. The van der Waals surface area contributed by atoms with E-state index < -0.39 is 18.8 Å². The summed E-state index contributed by atoms with van der Waals surface area (Å²) in [6, 6.07) is 2.63. The molecular formula is C22H23F3N4O4. The largest absolute Gasteiger partial charge is 0.491 e. The van der Waals surface area contributed by atoms with E-state index in [1.54, 1.807) is 17.9 Å². The second kappa shape index (κ2) is 8.87. The van der Waals surface area contributed by atoms with Gasteiger partial charge in [0, 0.05) is 29.9 Å². The van der Waals surface area contributed by atoms with Gasteiger partial charge in [-0.1, -0.05) is 0 Å². The zero-order valence-electron chi connectivity index (χ0n) is 18.1. The number of carbonyl (C=O) groups excluding carboxylic acids is 2. The lowest BCUT2D eigenvalue weighted by atomic mass is 10.1. The van der Waals surface area contributed by atoms with E-state index in [0.717, 1.165) is 12.8 Å². The number of alkyl halides is 3. The van der Waals surface area contributed by atoms with E-state index in [9.17, 15) is 22.8 Å². The normalized spacial score (nSPS) is 16.4. The van der Waals surface area contributed by atoms with Gasteiger partial charge in [0.1, 0.15) is 5.82 Å². The first-order valence-electron chi connectivity index (χ1n) is 10.5. The number of nitrogens with one attached hydrogen (secondary N) is 1. The third-order valence-electron chi connectivity index (χ3n) is 5.69. The van der Waals surface area contributed by atoms with Gasteiger partial charge in [-0.3, -0.25) is 9.59 Å². The number of aromatic nitrogens is 2. The monoisotopic (exact) mass is 464 g/mol. The summed E-state index contributed by atoms with van der Waals surface area (Å²) in [6.45, 7) is 0.500. The molecular weight excluding hydrogens is 441 g/mol. The van der Waals surface area contributed by atoms with Crippen LogP contribution in [0.5, 0.6) is 11.6 Å². The average molecular weight is 464 g/mol. The molecule has 1 aliphatic carbocycles. The molecule has 4 rings (SSSR count). The number of amides is 2. The molecule has 8 nitrogen and oxygen atoms in total. The highest BCUT2D eigenvalue weighted by Crippen LogP contribution is 2.37. The summed E-state index contributed by atoms with van der Waals surface area (Å²) < 4.78 is 47.3. The fourth-order valence-electron chi connectivity index (χ4n) is 3.70. The summed E-state index contributed by atoms with van der Waals surface area (Å²) >= 11 is 0. The van der Waals surface area contributed by atoms with Gasteiger partial charge >= 0.3 is 6.18 Å². The molecule has 0 bridgehead atoms. The number of ether oxygens (including phenoxy) is 2. The van der Waals surface area contributed by atoms with Crippen molar-refractivity contribution in [1.29, 1.82) is 0 Å². The quantitative estimate of drug-likeness (QED) is 0.637. The first kappa shape index (κ1) is 22.8. The zero-order valence-corrected chi connectivity index (χ0v) is 18.1. The van der Waals surface area contributed by atoms with Gasteiger partial charge in [0.2, 0.25) is 5.91 Å². The fourth-order valence-corrected chi connectivity index (χ4v) is 3.70. The Morgan fingerprint density at radius 2 is 2.09 bits per heavy atom. The molecule has 3 heterocycles. The van der Waals surface area contributed by atoms with Crippen LogP contribution in [0, 0.1) is 5.92 Å². The number of pyridine rings is 2. The Hall–Kier alpha value is -3.37. The Kier molecular flexibility index (Phi) is 6.13. The number of nitrogens with zero attached hydrogens (tertiary/aromatic N) is 3. The maximum atomic E-state index is 13.1. The van der Waals surface area contributed by atoms with Gasteiger partial charge in [-0.2, -0.15) is 13.2 Å². The topological polar surface area (TPSA) is 93.7 Å². The van der Waals surface area contributed by atoms with Crippen molar-refractivity contribution in [3.05, 3.63) is 41.2 Å². The first-order chi connectivity index (χ1) is 15.7. The maximum Gasteiger partial charge on any atom is 0.422 e. The van der Waals surface area contributed by atoms with Crippen LogP contribution in [0.4, 0.5) is 19.0 Å². The Bertz CT molecular complexity index is 1070. The highest BCUT2D eigenvalue weighted by Gasteiger charge is 2.35. The summed E-state index contributed by atoms with van der Waals surface area (Å²) in [5.74, 6) is 0.169. The highest BCUT2D eigenvalue weighted by molar-refractivity contribution is 6.01. The Morgan fingerprint density at radius 3 is 2.76 bits per heavy atom. The van der Waals surface area contributed by atoms with Crippen LogP contribution < -0.4 is 14.8 Å². The second-order valence-corrected chi connectivity index (χ2v) is 8.17. The fraction of sp³-hybridized carbons (Fsp3) is 0.455. The number of fused-ring (bicyclic) bond motifs is 1. The molecule has 33 heavy (non-hydrogen) atoms. The minimum Gasteiger partial charge on any atom is -0.491 e. The Labute approximate surface area is 188 Å². The minimum absolute atomic E-state index is 0.0301. The molecule has 1 N–H and O–H groups in total. The van der Waals surface area contributed by atoms with E-state index >= 15 is 0 Å². The van der Waals surface area contributed by atoms with Crippen molar-refractivity contribution < 1.29 is 32.2 Å². The van der Waals surface area contributed by atoms with Gasteiger partial charge in [-0.25, -0.2) is 9.97 Å². The average Bonchev–Trinajstić information content (AvgIpc) is 3.52. The van der Waals surface area contributed by atoms with E-state index in [4.69, 9.17) is 9.47 Å². The van der Waals surface area contributed by atoms with E-state index in [2.05, 4.69) is 15.3 Å². The van der Waals surface area contributed by atoms with Crippen LogP contribution >= 0.6 is 0 Å². The van der Waals surface area contributed by atoms with Crippen LogP contribution in [0.1, 0.15) is 53.7 Å². The SMILES string of the molecule is COc1cc(C(C)N2Cc3c(ccnc3NC(=O)CC3CC3)C2=O)cnc1OCC(F)(F)F. The van der Waals surface area contributed by atoms with Crippen LogP contribution in [0.15, 0.2) is 24.5 Å². The minimum atomic E-state index is -4.51. The maximum absolute atomic E-state index is 13.1. The molecule has 2 aliphatic rings. The van der Waals surface area contributed by atoms with Gasteiger partial charge in [-0.15, -0.1) is 0 Å². The van der Waals surface area contributed by atoms with E-state index in [1.807, 2.05) is 0 Å². The van der Waals surface area contributed by atoms with E-state index in [1.165, 1.54) is 25.6 Å². The van der Waals surface area contributed by atoms with Gasteiger partial charge in [-0.05, 0) is 43.4 Å². The van der Waals surface area contributed by atoms with Crippen molar-refractivity contribution in [2.45, 2.75) is 44.9 Å². The lowest BCUT2D eigenvalue weighted by Gasteiger charge is -2.25. The summed E-state index contributed by atoms with van der Waals surface area (Å²) in [5, 5.41) is 2.82. The van der Waals surface area contributed by atoms with Gasteiger partial charge in [0.15, 0.2) is 12.4 Å². The molecule has 0 spiro atoms. The predicted octanol–water partition coefficient (Wildman–Crippen LogP) is 3.88. The molecule has 1 fully saturated rings. The third-order valence-corrected chi connectivity index (χ3v) is 5.69. The molecule has 1 atom stereocenters. The number of anilines is 1. The molecule has 0 saturated heterocycles. The molecule has 11 heteroatoms. The summed E-state index contributed by atoms with van der Waals surface area (Å²) in [7, 11) is 1.30. The third kappa shape index (κ3) is 5.18. The Balaban J connectivity index is 1.51. The standard InChI is InChI=1S/C22H23F3N4O4/c1-12(14-8-17(32-2)20(27-9-14)33-11-22(23,24)25)29-10-16-15(21(29)31)5-6-26-19(16)28-18(30)7-13-3-4-13/h5-6,8-9,12-13H,3-4,7,10-11H2,1-2H3,(H,26,28,30). The molecule has 2 aromatic rings. The number of halogens is 3. The van der Waals surface area contributed by atoms with Crippen molar-refractivity contribution in [3.8, 4) is 11.6 Å². The van der Waals surface area contributed by atoms with Crippen LogP contribution in [0.25, 0.3) is 0 Å². The van der Waals surface area contributed by atoms with Gasteiger partial charge < -0.3 is 19.7 Å².